The van der Waals surface area contributed by atoms with Crippen LogP contribution in [-0.4, -0.2) is 11.8 Å². The van der Waals surface area contributed by atoms with Gasteiger partial charge in [-0.05, 0) is 43.9 Å². The highest BCUT2D eigenvalue weighted by atomic mass is 127. The highest BCUT2D eigenvalue weighted by Gasteiger charge is 2.23. The van der Waals surface area contributed by atoms with Crippen molar-refractivity contribution in [1.82, 2.24) is 5.32 Å². The number of hydrogen-bond donors (Lipinski definition) is 1. The molecule has 0 saturated heterocycles. The third-order valence-electron chi connectivity index (χ3n) is 6.61. The highest BCUT2D eigenvalue weighted by molar-refractivity contribution is 14.2. The maximum absolute atomic E-state index is 12.7. The molecule has 1 rings (SSSR count). The lowest BCUT2D eigenvalue weighted by Crippen LogP contribution is -2.31. The van der Waals surface area contributed by atoms with Crippen LogP contribution >= 0.6 is 19.8 Å². The number of hydrogen-bond acceptors (Lipinski definition) is 4. The Bertz CT molecular complexity index is 837. The van der Waals surface area contributed by atoms with Crippen LogP contribution in [0.4, 0.5) is 0 Å². The Balaban J connectivity index is 2.18. The molecule has 0 spiro atoms. The Morgan fingerprint density at radius 2 is 1.15 bits per heavy atom. The summed E-state index contributed by atoms with van der Waals surface area (Å²) >= 11 is -3.87. The molecule has 0 radical (unpaired) electrons. The zero-order valence-electron chi connectivity index (χ0n) is 21.9. The number of halogens is 1. The minimum absolute atomic E-state index is 0.101. The molecular formula is C28H46INO4. The summed E-state index contributed by atoms with van der Waals surface area (Å²) < 4.78 is 23.7. The third kappa shape index (κ3) is 11.9. The van der Waals surface area contributed by atoms with Gasteiger partial charge in [0, 0.05) is 6.42 Å². The molecule has 1 aromatic rings. The van der Waals surface area contributed by atoms with E-state index in [0.717, 1.165) is 24.8 Å². The van der Waals surface area contributed by atoms with E-state index in [2.05, 4.69) is 12.2 Å². The largest absolute Gasteiger partial charge is 0.341 e. The number of amides is 2. The summed E-state index contributed by atoms with van der Waals surface area (Å²) in [4.78, 5) is 24.9. The third-order valence-corrected chi connectivity index (χ3v) is 8.88. The molecule has 2 amide bonds. The maximum atomic E-state index is 12.7. The summed E-state index contributed by atoms with van der Waals surface area (Å²) in [6.07, 6.45) is 19.2. The molecule has 0 aliphatic heterocycles. The zero-order chi connectivity index (χ0) is 25.3. The number of unbranched alkanes of at least 4 members (excludes halogenated alkanes) is 14. The number of aryl methyl sites for hydroxylation is 2. The van der Waals surface area contributed by atoms with Crippen LogP contribution < -0.4 is 5.32 Å². The molecule has 0 bridgehead atoms. The van der Waals surface area contributed by atoms with Crippen LogP contribution in [0, 0.1) is 24.3 Å². The minimum Gasteiger partial charge on any atom is -0.292 e. The van der Waals surface area contributed by atoms with Gasteiger partial charge in [0.25, 0.3) is 5.91 Å². The van der Waals surface area contributed by atoms with Crippen molar-refractivity contribution in [2.24, 2.45) is 0 Å². The van der Waals surface area contributed by atoms with Crippen LogP contribution in [0.2, 0.25) is 0 Å². The van der Waals surface area contributed by atoms with Crippen LogP contribution in [0.25, 0.3) is 0 Å². The molecular weight excluding hydrogens is 541 g/mol. The van der Waals surface area contributed by atoms with E-state index in [1.807, 2.05) is 6.92 Å². The van der Waals surface area contributed by atoms with Crippen LogP contribution in [0.3, 0.4) is 0 Å². The Morgan fingerprint density at radius 3 is 1.59 bits per heavy atom. The maximum Gasteiger partial charge on any atom is 0.341 e. The standard InChI is InChI=1S/C28H46INO4/c1-5-6-7-8-9-10-11-12-13-14-15-16-17-18-19-20-25(31)30-28(32)26-24(4)22(2)21-23(3)27(26)29(33)34/h21H,5-20H2,1-4H3,(H,30,31,32). The van der Waals surface area contributed by atoms with Gasteiger partial charge in [-0.25, -0.2) is 6.14 Å². The minimum atomic E-state index is -3.87. The van der Waals surface area contributed by atoms with Gasteiger partial charge in [0.05, 0.1) is 9.13 Å². The van der Waals surface area contributed by atoms with Crippen molar-refractivity contribution in [2.45, 2.75) is 130 Å². The van der Waals surface area contributed by atoms with Gasteiger partial charge in [-0.15, -0.1) is 0 Å². The van der Waals surface area contributed by atoms with Gasteiger partial charge in [0.2, 0.25) is 5.91 Å². The number of carbonyl (C=O) groups is 2. The highest BCUT2D eigenvalue weighted by Crippen LogP contribution is 2.30. The molecule has 34 heavy (non-hydrogen) atoms. The second-order valence-corrected chi connectivity index (χ2v) is 11.9. The van der Waals surface area contributed by atoms with Crippen molar-refractivity contribution in [3.8, 4) is 0 Å². The molecule has 0 unspecified atom stereocenters. The summed E-state index contributed by atoms with van der Waals surface area (Å²) in [6.45, 7) is 7.52. The molecule has 6 heteroatoms. The van der Waals surface area contributed by atoms with Gasteiger partial charge < -0.3 is 0 Å². The van der Waals surface area contributed by atoms with Crippen molar-refractivity contribution in [1.29, 1.82) is 0 Å². The topological polar surface area (TPSA) is 80.3 Å². The normalized spacial score (nSPS) is 11.2. The predicted octanol–water partition coefficient (Wildman–Crippen LogP) is 8.50. The monoisotopic (exact) mass is 587 g/mol. The molecule has 0 aliphatic rings. The number of nitrogens with one attached hydrogen (secondary N) is 1. The molecule has 0 atom stereocenters. The van der Waals surface area contributed by atoms with Crippen molar-refractivity contribution >= 4 is 31.6 Å². The van der Waals surface area contributed by atoms with E-state index in [4.69, 9.17) is 0 Å². The molecule has 1 aromatic carbocycles. The fourth-order valence-corrected chi connectivity index (χ4v) is 6.37. The Labute approximate surface area is 214 Å². The SMILES string of the molecule is CCCCCCCCCCCCCCCCCC(=O)NC(=O)c1c(C)c(C)cc(C)c1I(=O)=O. The molecule has 0 fully saturated rings. The van der Waals surface area contributed by atoms with E-state index < -0.39 is 25.7 Å². The van der Waals surface area contributed by atoms with Crippen LogP contribution in [0.1, 0.15) is 137 Å². The van der Waals surface area contributed by atoms with Gasteiger partial charge >= 0.3 is 19.8 Å². The van der Waals surface area contributed by atoms with E-state index in [1.165, 1.54) is 77.0 Å². The van der Waals surface area contributed by atoms with Gasteiger partial charge in [0.1, 0.15) is 0 Å². The second kappa shape index (κ2) is 18.0. The van der Waals surface area contributed by atoms with Crippen LogP contribution in [-0.2, 0) is 10.9 Å². The van der Waals surface area contributed by atoms with E-state index in [0.29, 0.717) is 17.5 Å². The molecule has 194 valence electrons. The molecule has 0 aromatic heterocycles. The van der Waals surface area contributed by atoms with E-state index >= 15 is 0 Å². The Kier molecular flexibility index (Phi) is 16.3. The van der Waals surface area contributed by atoms with Crippen molar-refractivity contribution < 1.29 is 15.7 Å². The summed E-state index contributed by atoms with van der Waals surface area (Å²) in [5, 5.41) is 2.41. The quantitative estimate of drug-likeness (QED) is 0.138. The first-order valence-corrected chi connectivity index (χ1v) is 16.1. The first-order chi connectivity index (χ1) is 16.3. The van der Waals surface area contributed by atoms with Crippen LogP contribution in [0.5, 0.6) is 0 Å². The van der Waals surface area contributed by atoms with Gasteiger partial charge in [-0.1, -0.05) is 103 Å². The predicted molar refractivity (Wildman–Crippen MR) is 147 cm³/mol. The molecule has 5 nitrogen and oxygen atoms in total. The number of imide groups is 1. The zero-order valence-corrected chi connectivity index (χ0v) is 24.1. The van der Waals surface area contributed by atoms with Crippen molar-refractivity contribution in [3.63, 3.8) is 0 Å². The number of carbonyl (C=O) groups excluding carboxylic acids is 2. The molecule has 0 heterocycles. The first-order valence-electron chi connectivity index (χ1n) is 13.3. The van der Waals surface area contributed by atoms with E-state index in [9.17, 15) is 15.7 Å². The lowest BCUT2D eigenvalue weighted by Gasteiger charge is -2.13. The fourth-order valence-electron chi connectivity index (χ4n) is 4.43. The molecule has 1 N–H and O–H groups in total. The average Bonchev–Trinajstić information content (AvgIpc) is 2.78. The van der Waals surface area contributed by atoms with E-state index in [-0.39, 0.29) is 15.0 Å². The Hall–Kier alpha value is -1.31. The number of rotatable bonds is 18. The lowest BCUT2D eigenvalue weighted by atomic mass is 9.99. The fraction of sp³-hybridized carbons (Fsp3) is 0.714. The van der Waals surface area contributed by atoms with Gasteiger partial charge in [-0.3, -0.25) is 14.9 Å². The smallest absolute Gasteiger partial charge is 0.292 e. The summed E-state index contributed by atoms with van der Waals surface area (Å²) in [5.41, 5.74) is 2.17. The summed E-state index contributed by atoms with van der Waals surface area (Å²) in [7, 11) is 0. The second-order valence-electron chi connectivity index (χ2n) is 9.62. The first kappa shape index (κ1) is 30.7. The van der Waals surface area contributed by atoms with Gasteiger partial charge in [0.15, 0.2) is 0 Å². The van der Waals surface area contributed by atoms with Crippen molar-refractivity contribution in [3.05, 3.63) is 31.9 Å². The summed E-state index contributed by atoms with van der Waals surface area (Å²) in [5.74, 6) is -0.930. The Morgan fingerprint density at radius 1 is 0.706 bits per heavy atom. The van der Waals surface area contributed by atoms with E-state index in [1.54, 1.807) is 19.9 Å². The molecule has 0 aliphatic carbocycles. The lowest BCUT2D eigenvalue weighted by molar-refractivity contribution is -0.120. The van der Waals surface area contributed by atoms with Crippen LogP contribution in [0.15, 0.2) is 6.07 Å². The average molecular weight is 588 g/mol. The molecule has 0 saturated carbocycles. The van der Waals surface area contributed by atoms with Gasteiger partial charge in [-0.2, -0.15) is 0 Å². The summed E-state index contributed by atoms with van der Waals surface area (Å²) in [6, 6.07) is 1.78. The number of benzene rings is 1. The van der Waals surface area contributed by atoms with Crippen molar-refractivity contribution in [2.75, 3.05) is 0 Å².